The first-order valence-electron chi connectivity index (χ1n) is 16.9. The molecule has 4 aromatic rings. The van der Waals surface area contributed by atoms with Crippen LogP contribution in [0.2, 0.25) is 5.02 Å². The molecule has 0 spiro atoms. The number of hydrogen-bond donors (Lipinski definition) is 3. The summed E-state index contributed by atoms with van der Waals surface area (Å²) in [6, 6.07) is 14.6. The number of aromatic nitrogens is 3. The number of urea groups is 1. The minimum absolute atomic E-state index is 0.237. The van der Waals surface area contributed by atoms with Crippen molar-refractivity contribution in [3.05, 3.63) is 76.1 Å². The molecule has 3 N–H and O–H groups in total. The van der Waals surface area contributed by atoms with Gasteiger partial charge in [-0.25, -0.2) is 14.5 Å². The van der Waals surface area contributed by atoms with Crippen LogP contribution in [0.4, 0.5) is 10.5 Å². The molecule has 2 aromatic carbocycles. The van der Waals surface area contributed by atoms with Gasteiger partial charge < -0.3 is 25.6 Å². The number of ether oxygens (including phenoxy) is 1. The smallest absolute Gasteiger partial charge is 0.315 e. The number of aryl methyl sites for hydroxylation is 2. The average Bonchev–Trinajstić information content (AvgIpc) is 3.51. The van der Waals surface area contributed by atoms with Gasteiger partial charge in [-0.15, -0.1) is 0 Å². The van der Waals surface area contributed by atoms with Crippen molar-refractivity contribution >= 4 is 34.4 Å². The number of pyridine rings is 1. The summed E-state index contributed by atoms with van der Waals surface area (Å²) >= 11 is 6.70. The molecule has 6 rings (SSSR count). The van der Waals surface area contributed by atoms with Crippen molar-refractivity contribution < 1.29 is 9.53 Å². The number of hydrogen-bond acceptors (Lipinski definition) is 7. The first-order valence-corrected chi connectivity index (χ1v) is 17.3. The second-order valence-corrected chi connectivity index (χ2v) is 13.0. The van der Waals surface area contributed by atoms with Gasteiger partial charge in [0.25, 0.3) is 0 Å². The minimum Gasteiger partial charge on any atom is -0.381 e. The standard InChI is InChI=1S/C36H47ClN8O2/c1-4-33-30(34(41-28-11-17-47-18-12-28)31-23-40-45(5-2)35(31)42-33)22-39-36(46)38-21-25-9-10-32(37)29(20-25)27-8-6-7-26(19-27)24-44-15-13-43(3)14-16-44/h6-10,19-20,23,28H,4-5,11-18,21-22,24H2,1-3H3,(H,41,42)(H2,38,39,46). The van der Waals surface area contributed by atoms with Gasteiger partial charge in [-0.05, 0) is 68.1 Å². The fourth-order valence-electron chi connectivity index (χ4n) is 6.52. The minimum atomic E-state index is -0.237. The molecule has 2 aliphatic rings. The highest BCUT2D eigenvalue weighted by Crippen LogP contribution is 2.32. The molecule has 10 nitrogen and oxygen atoms in total. The number of halogens is 1. The maximum absolute atomic E-state index is 13.2. The second kappa shape index (κ2) is 15.5. The summed E-state index contributed by atoms with van der Waals surface area (Å²) in [5.74, 6) is 0. The summed E-state index contributed by atoms with van der Waals surface area (Å²) in [6.07, 6.45) is 4.50. The van der Waals surface area contributed by atoms with Crippen LogP contribution in [0, 0.1) is 0 Å². The molecule has 250 valence electrons. The number of benzene rings is 2. The number of nitrogens with one attached hydrogen (secondary N) is 3. The summed E-state index contributed by atoms with van der Waals surface area (Å²) < 4.78 is 7.52. The molecule has 0 radical (unpaired) electrons. The number of likely N-dealkylation sites (N-methyl/N-ethyl adjacent to an activating group) is 1. The normalized spacial score (nSPS) is 16.4. The summed E-state index contributed by atoms with van der Waals surface area (Å²) in [4.78, 5) is 23.0. The fourth-order valence-corrected chi connectivity index (χ4v) is 6.75. The van der Waals surface area contributed by atoms with Crippen molar-refractivity contribution in [2.45, 2.75) is 65.3 Å². The quantitative estimate of drug-likeness (QED) is 0.191. The predicted molar refractivity (Wildman–Crippen MR) is 189 cm³/mol. The summed E-state index contributed by atoms with van der Waals surface area (Å²) in [5, 5.41) is 16.2. The Hall–Kier alpha value is -3.70. The lowest BCUT2D eigenvalue weighted by Gasteiger charge is -2.32. The number of fused-ring (bicyclic) bond motifs is 1. The number of nitrogens with zero attached hydrogens (tertiary/aromatic N) is 5. The Morgan fingerprint density at radius 3 is 2.55 bits per heavy atom. The van der Waals surface area contributed by atoms with Crippen molar-refractivity contribution in [2.75, 3.05) is 51.8 Å². The van der Waals surface area contributed by atoms with Gasteiger partial charge in [0, 0.05) is 93.5 Å². The number of anilines is 1. The molecule has 2 aromatic heterocycles. The Kier molecular flexibility index (Phi) is 10.9. The Morgan fingerprint density at radius 2 is 1.79 bits per heavy atom. The van der Waals surface area contributed by atoms with E-state index in [0.29, 0.717) is 24.2 Å². The van der Waals surface area contributed by atoms with Crippen LogP contribution < -0.4 is 16.0 Å². The lowest BCUT2D eigenvalue weighted by Crippen LogP contribution is -2.43. The average molecular weight is 659 g/mol. The monoisotopic (exact) mass is 658 g/mol. The lowest BCUT2D eigenvalue weighted by molar-refractivity contribution is 0.0904. The van der Waals surface area contributed by atoms with Gasteiger partial charge in [-0.3, -0.25) is 4.90 Å². The van der Waals surface area contributed by atoms with Gasteiger partial charge in [-0.1, -0.05) is 42.8 Å². The third-order valence-electron chi connectivity index (χ3n) is 9.33. The van der Waals surface area contributed by atoms with Crippen LogP contribution in [0.1, 0.15) is 49.1 Å². The molecule has 2 amide bonds. The van der Waals surface area contributed by atoms with E-state index >= 15 is 0 Å². The van der Waals surface area contributed by atoms with E-state index in [9.17, 15) is 4.79 Å². The molecule has 0 aliphatic carbocycles. The Morgan fingerprint density at radius 1 is 1.00 bits per heavy atom. The molecule has 4 heterocycles. The molecular weight excluding hydrogens is 612 g/mol. The molecule has 47 heavy (non-hydrogen) atoms. The SMILES string of the molecule is CCc1nc2c(cnn2CC)c(NC2CCOCC2)c1CNC(=O)NCc1ccc(Cl)c(-c2cccc(CN3CCN(C)CC3)c2)c1. The maximum Gasteiger partial charge on any atom is 0.315 e. The Bertz CT molecular complexity index is 1680. The second-order valence-electron chi connectivity index (χ2n) is 12.6. The van der Waals surface area contributed by atoms with Gasteiger partial charge >= 0.3 is 6.03 Å². The number of carbonyl (C=O) groups is 1. The zero-order valence-corrected chi connectivity index (χ0v) is 28.6. The highest BCUT2D eigenvalue weighted by molar-refractivity contribution is 6.33. The third kappa shape index (κ3) is 8.06. The van der Waals surface area contributed by atoms with Gasteiger partial charge in [0.1, 0.15) is 0 Å². The summed E-state index contributed by atoms with van der Waals surface area (Å²) in [7, 11) is 2.18. The van der Waals surface area contributed by atoms with Crippen LogP contribution in [0.15, 0.2) is 48.7 Å². The van der Waals surface area contributed by atoms with E-state index in [1.807, 2.05) is 23.0 Å². The van der Waals surface area contributed by atoms with Crippen LogP contribution in [0.3, 0.4) is 0 Å². The molecule has 11 heteroatoms. The Balaban J connectivity index is 1.13. The fraction of sp³-hybridized carbons (Fsp3) is 0.472. The van der Waals surface area contributed by atoms with Crippen molar-refractivity contribution in [1.82, 2.24) is 35.2 Å². The zero-order valence-electron chi connectivity index (χ0n) is 27.8. The molecule has 2 saturated heterocycles. The number of amides is 2. The first-order chi connectivity index (χ1) is 22.9. The van der Waals surface area contributed by atoms with E-state index in [1.54, 1.807) is 0 Å². The Labute approximate surface area is 282 Å². The highest BCUT2D eigenvalue weighted by Gasteiger charge is 2.22. The van der Waals surface area contributed by atoms with Crippen molar-refractivity contribution in [1.29, 1.82) is 0 Å². The summed E-state index contributed by atoms with van der Waals surface area (Å²) in [5.41, 5.74) is 8.15. The number of carbonyl (C=O) groups excluding carboxylic acids is 1. The van der Waals surface area contributed by atoms with E-state index in [1.165, 1.54) is 5.56 Å². The van der Waals surface area contributed by atoms with E-state index in [4.69, 9.17) is 21.3 Å². The van der Waals surface area contributed by atoms with E-state index in [-0.39, 0.29) is 6.03 Å². The van der Waals surface area contributed by atoms with Gasteiger partial charge in [0.05, 0.1) is 17.3 Å². The topological polar surface area (TPSA) is 99.6 Å². The molecule has 2 aliphatic heterocycles. The van der Waals surface area contributed by atoms with Gasteiger partial charge in [0.2, 0.25) is 0 Å². The number of rotatable bonds is 11. The molecule has 0 saturated carbocycles. The van der Waals surface area contributed by atoms with E-state index in [2.05, 4.69) is 82.1 Å². The van der Waals surface area contributed by atoms with Crippen LogP contribution in [0.25, 0.3) is 22.2 Å². The maximum atomic E-state index is 13.2. The van der Waals surface area contributed by atoms with Crippen LogP contribution >= 0.6 is 11.6 Å². The molecule has 2 fully saturated rings. The molecule has 0 atom stereocenters. The largest absolute Gasteiger partial charge is 0.381 e. The van der Waals surface area contributed by atoms with Crippen LogP contribution in [0.5, 0.6) is 0 Å². The first kappa shape index (κ1) is 33.2. The van der Waals surface area contributed by atoms with Crippen molar-refractivity contribution in [3.8, 4) is 11.1 Å². The van der Waals surface area contributed by atoms with Crippen LogP contribution in [-0.4, -0.2) is 83.1 Å². The van der Waals surface area contributed by atoms with Crippen molar-refractivity contribution in [3.63, 3.8) is 0 Å². The lowest BCUT2D eigenvalue weighted by atomic mass is 10.0. The molecular formula is C36H47ClN8O2. The van der Waals surface area contributed by atoms with E-state index in [0.717, 1.165) is 116 Å². The molecule has 0 unspecified atom stereocenters. The zero-order chi connectivity index (χ0) is 32.8. The highest BCUT2D eigenvalue weighted by atomic mass is 35.5. The van der Waals surface area contributed by atoms with Crippen LogP contribution in [-0.2, 0) is 37.3 Å². The third-order valence-corrected chi connectivity index (χ3v) is 9.66. The predicted octanol–water partition coefficient (Wildman–Crippen LogP) is 5.67. The van der Waals surface area contributed by atoms with E-state index < -0.39 is 0 Å². The van der Waals surface area contributed by atoms with Gasteiger partial charge in [-0.2, -0.15) is 5.10 Å². The molecule has 0 bridgehead atoms. The number of piperazine rings is 1. The van der Waals surface area contributed by atoms with Gasteiger partial charge in [0.15, 0.2) is 5.65 Å². The summed E-state index contributed by atoms with van der Waals surface area (Å²) in [6.45, 7) is 12.4. The van der Waals surface area contributed by atoms with Crippen molar-refractivity contribution in [2.24, 2.45) is 0 Å².